The Morgan fingerprint density at radius 2 is 1.66 bits per heavy atom. The van der Waals surface area contributed by atoms with Crippen LogP contribution >= 0.6 is 0 Å². The van der Waals surface area contributed by atoms with E-state index in [0.29, 0.717) is 38.6 Å². The molecule has 0 radical (unpaired) electrons. The minimum Gasteiger partial charge on any atom is -0.454 e. The van der Waals surface area contributed by atoms with Gasteiger partial charge in [0.25, 0.3) is 21.8 Å². The molecule has 2 amide bonds. The van der Waals surface area contributed by atoms with Gasteiger partial charge >= 0.3 is 0 Å². The molecule has 6 rings (SSSR count). The van der Waals surface area contributed by atoms with Gasteiger partial charge in [-0.15, -0.1) is 0 Å². The number of hydrogen-bond acceptors (Lipinski definition) is 6. The summed E-state index contributed by atoms with van der Waals surface area (Å²) in [5.74, 6) is 0.232. The van der Waals surface area contributed by atoms with Crippen molar-refractivity contribution in [2.75, 3.05) is 11.1 Å². The van der Waals surface area contributed by atoms with Crippen molar-refractivity contribution in [3.8, 4) is 11.5 Å². The largest absolute Gasteiger partial charge is 0.454 e. The molecular formula is C28H21N3O6S. The second kappa shape index (κ2) is 9.24. The second-order valence-electron chi connectivity index (χ2n) is 8.73. The number of anilines is 1. The van der Waals surface area contributed by atoms with Crippen LogP contribution in [0.1, 0.15) is 21.5 Å². The van der Waals surface area contributed by atoms with Gasteiger partial charge in [-0.1, -0.05) is 42.5 Å². The minimum absolute atomic E-state index is 0.124. The highest BCUT2D eigenvalue weighted by atomic mass is 32.2. The molecule has 0 spiro atoms. The van der Waals surface area contributed by atoms with E-state index in [1.807, 2.05) is 18.2 Å². The van der Waals surface area contributed by atoms with Crippen molar-refractivity contribution in [2.45, 2.75) is 11.4 Å². The van der Waals surface area contributed by atoms with Gasteiger partial charge in [0.15, 0.2) is 11.5 Å². The lowest BCUT2D eigenvalue weighted by molar-refractivity contribution is -0.117. The lowest BCUT2D eigenvalue weighted by atomic mass is 10.1. The molecule has 2 aliphatic heterocycles. The topological polar surface area (TPSA) is 114 Å². The first-order valence-corrected chi connectivity index (χ1v) is 13.2. The molecule has 4 aromatic carbocycles. The maximum Gasteiger partial charge on any atom is 0.269 e. The summed E-state index contributed by atoms with van der Waals surface area (Å²) in [7, 11) is -3.68. The zero-order valence-corrected chi connectivity index (χ0v) is 20.7. The third-order valence-electron chi connectivity index (χ3n) is 6.35. The molecule has 2 N–H and O–H groups in total. The van der Waals surface area contributed by atoms with Crippen LogP contribution in [0.4, 0.5) is 5.69 Å². The summed E-state index contributed by atoms with van der Waals surface area (Å²) in [5, 5.41) is 1.58. The Kier molecular flexibility index (Phi) is 5.73. The van der Waals surface area contributed by atoms with Gasteiger partial charge in [0.1, 0.15) is 0 Å². The number of nitrogens with zero attached hydrogens (tertiary/aromatic N) is 1. The zero-order chi connectivity index (χ0) is 26.3. The van der Waals surface area contributed by atoms with Crippen LogP contribution in [-0.2, 0) is 21.4 Å². The van der Waals surface area contributed by atoms with Gasteiger partial charge in [-0.05, 0) is 59.0 Å². The molecule has 10 heteroatoms. The van der Waals surface area contributed by atoms with Crippen LogP contribution in [-0.4, -0.2) is 27.0 Å². The molecule has 0 unspecified atom stereocenters. The lowest BCUT2D eigenvalue weighted by Gasteiger charge is -2.19. The Bertz CT molecular complexity index is 1730. The van der Waals surface area contributed by atoms with E-state index in [4.69, 9.17) is 9.47 Å². The number of nitrogens with one attached hydrogen (secondary N) is 2. The zero-order valence-electron chi connectivity index (χ0n) is 19.9. The maximum atomic E-state index is 13.2. The van der Waals surface area contributed by atoms with E-state index in [1.165, 1.54) is 10.4 Å². The molecule has 0 aliphatic carbocycles. The van der Waals surface area contributed by atoms with Gasteiger partial charge in [0.05, 0.1) is 17.1 Å². The Hall–Kier alpha value is -4.83. The number of benzene rings is 4. The van der Waals surface area contributed by atoms with E-state index < -0.39 is 21.8 Å². The molecule has 38 heavy (non-hydrogen) atoms. The number of hydrazine groups is 1. The molecule has 190 valence electrons. The number of sulfonamides is 1. The van der Waals surface area contributed by atoms with E-state index in [1.54, 1.807) is 66.7 Å². The third kappa shape index (κ3) is 4.20. The minimum atomic E-state index is -3.68. The first-order chi connectivity index (χ1) is 18.4. The summed E-state index contributed by atoms with van der Waals surface area (Å²) in [6.07, 6.45) is 2.87. The Balaban J connectivity index is 1.08. The van der Waals surface area contributed by atoms with Gasteiger partial charge in [0, 0.05) is 17.0 Å². The Morgan fingerprint density at radius 3 is 2.47 bits per heavy atom. The van der Waals surface area contributed by atoms with E-state index in [-0.39, 0.29) is 13.3 Å². The monoisotopic (exact) mass is 527 g/mol. The summed E-state index contributed by atoms with van der Waals surface area (Å²) < 4.78 is 38.3. The average molecular weight is 528 g/mol. The predicted molar refractivity (Wildman–Crippen MR) is 141 cm³/mol. The van der Waals surface area contributed by atoms with E-state index in [9.17, 15) is 18.0 Å². The maximum absolute atomic E-state index is 13.2. The number of hydrogen-bond donors (Lipinski definition) is 2. The van der Waals surface area contributed by atoms with Gasteiger partial charge < -0.3 is 9.47 Å². The molecule has 2 heterocycles. The van der Waals surface area contributed by atoms with E-state index >= 15 is 0 Å². The molecule has 0 atom stereocenters. The van der Waals surface area contributed by atoms with Crippen LogP contribution in [0, 0.1) is 0 Å². The highest BCUT2D eigenvalue weighted by Gasteiger charge is 2.35. The highest BCUT2D eigenvalue weighted by molar-refractivity contribution is 7.93. The molecule has 0 aromatic heterocycles. The summed E-state index contributed by atoms with van der Waals surface area (Å²) in [6.45, 7) is 0.289. The normalized spacial score (nSPS) is 14.7. The van der Waals surface area contributed by atoms with Gasteiger partial charge in [-0.25, -0.2) is 8.42 Å². The fourth-order valence-corrected chi connectivity index (χ4v) is 6.18. The average Bonchev–Trinajstić information content (AvgIpc) is 3.48. The molecule has 2 aliphatic rings. The Labute approximate surface area is 218 Å². The van der Waals surface area contributed by atoms with Crippen LogP contribution in [0.2, 0.25) is 0 Å². The first kappa shape index (κ1) is 23.6. The smallest absolute Gasteiger partial charge is 0.269 e. The van der Waals surface area contributed by atoms with Crippen molar-refractivity contribution in [1.29, 1.82) is 0 Å². The number of carbonyl (C=O) groups is 2. The highest BCUT2D eigenvalue weighted by Crippen LogP contribution is 2.42. The molecule has 0 bridgehead atoms. The number of carbonyl (C=O) groups excluding carboxylic acids is 2. The fraction of sp³-hybridized carbons (Fsp3) is 0.0714. The number of ether oxygens (including phenoxy) is 2. The standard InChI is InChI=1S/C28H21N3O6S/c32-26(14-10-18-9-13-23-24(15-18)37-17-36-23)29-30-28(33)21-11-7-19(8-12-21)16-31-22-5-1-3-20-4-2-6-25(27(20)22)38(31,34)35/h1-15H,16-17H2,(H,29,32)(H,30,33)/b14-10+. The Morgan fingerprint density at radius 1 is 0.895 bits per heavy atom. The van der Waals surface area contributed by atoms with Gasteiger partial charge in [-0.2, -0.15) is 0 Å². The number of fused-ring (bicyclic) bond motifs is 1. The lowest BCUT2D eigenvalue weighted by Crippen LogP contribution is -2.40. The third-order valence-corrected chi connectivity index (χ3v) is 8.15. The number of rotatable bonds is 5. The summed E-state index contributed by atoms with van der Waals surface area (Å²) in [6, 6.07) is 22.6. The SMILES string of the molecule is O=C(/C=C/c1ccc2c(c1)OCO2)NNC(=O)c1ccc(CN2c3cccc4cccc(c34)S2(=O)=O)cc1. The first-order valence-electron chi connectivity index (χ1n) is 11.7. The predicted octanol–water partition coefficient (Wildman–Crippen LogP) is 3.75. The van der Waals surface area contributed by atoms with Crippen molar-refractivity contribution < 1.29 is 27.5 Å². The van der Waals surface area contributed by atoms with Crippen LogP contribution < -0.4 is 24.6 Å². The van der Waals surface area contributed by atoms with E-state index in [2.05, 4.69) is 10.9 Å². The molecule has 9 nitrogen and oxygen atoms in total. The van der Waals surface area contributed by atoms with Crippen molar-refractivity contribution in [1.82, 2.24) is 10.9 Å². The van der Waals surface area contributed by atoms with Crippen molar-refractivity contribution in [3.05, 3.63) is 102 Å². The van der Waals surface area contributed by atoms with Crippen molar-refractivity contribution in [2.24, 2.45) is 0 Å². The summed E-state index contributed by atoms with van der Waals surface area (Å²) in [5.41, 5.74) is 7.11. The van der Waals surface area contributed by atoms with Crippen LogP contribution in [0.25, 0.3) is 16.8 Å². The van der Waals surface area contributed by atoms with Crippen LogP contribution in [0.5, 0.6) is 11.5 Å². The molecular weight excluding hydrogens is 506 g/mol. The van der Waals surface area contributed by atoms with E-state index in [0.717, 1.165) is 10.9 Å². The summed E-state index contributed by atoms with van der Waals surface area (Å²) in [4.78, 5) is 24.9. The van der Waals surface area contributed by atoms with Gasteiger partial charge in [0.2, 0.25) is 6.79 Å². The van der Waals surface area contributed by atoms with Crippen LogP contribution in [0.15, 0.2) is 89.8 Å². The summed E-state index contributed by atoms with van der Waals surface area (Å²) >= 11 is 0. The quantitative estimate of drug-likeness (QED) is 0.302. The molecule has 0 saturated heterocycles. The van der Waals surface area contributed by atoms with Crippen LogP contribution in [0.3, 0.4) is 0 Å². The fourth-order valence-electron chi connectivity index (χ4n) is 4.48. The molecule has 0 fully saturated rings. The molecule has 0 saturated carbocycles. The van der Waals surface area contributed by atoms with Crippen molar-refractivity contribution in [3.63, 3.8) is 0 Å². The van der Waals surface area contributed by atoms with Gasteiger partial charge in [-0.3, -0.25) is 24.7 Å². The van der Waals surface area contributed by atoms with Crippen molar-refractivity contribution >= 4 is 44.4 Å². The second-order valence-corrected chi connectivity index (χ2v) is 10.6. The molecule has 4 aromatic rings. The number of amides is 2.